The zero-order chi connectivity index (χ0) is 62.0. The Hall–Kier alpha value is -0.810. The Kier molecular flexibility index (Phi) is 83.4. The first-order chi connectivity index (χ1) is 41.2. The molecule has 0 unspecified atom stereocenters. The normalized spacial score (nSPS) is 11.6. The molecule has 0 atom stereocenters. The first kappa shape index (κ1) is 87.4. The minimum Gasteiger partial charge on any atom is -0.450 e. The predicted molar refractivity (Wildman–Crippen MR) is 382 cm³/mol. The lowest BCUT2D eigenvalue weighted by atomic mass is 9.99. The molecular weight excluding hydrogens is 1020 g/mol. The van der Waals surface area contributed by atoms with Gasteiger partial charge in [-0.05, 0) is 53.9 Å². The van der Waals surface area contributed by atoms with E-state index >= 15 is 0 Å². The van der Waals surface area contributed by atoms with E-state index < -0.39 is 6.16 Å². The topological polar surface area (TPSA) is 64.0 Å². The van der Waals surface area contributed by atoms with Crippen LogP contribution in [-0.2, 0) is 0 Å². The maximum absolute atomic E-state index is 8.56. The van der Waals surface area contributed by atoms with Gasteiger partial charge in [0.05, 0.1) is 0 Å². The van der Waals surface area contributed by atoms with Crippen molar-refractivity contribution in [1.29, 1.82) is 0 Å². The van der Waals surface area contributed by atoms with Crippen LogP contribution in [0.1, 0.15) is 464 Å². The number of carbonyl (C=O) groups is 1. The second-order valence-electron chi connectivity index (χ2n) is 27.9. The molecule has 508 valence electrons. The second-order valence-corrected chi connectivity index (χ2v) is 27.9. The van der Waals surface area contributed by atoms with Gasteiger partial charge in [-0.1, -0.05) is 439 Å². The van der Waals surface area contributed by atoms with Crippen LogP contribution in [0, 0.1) is 0 Å². The molecule has 84 heavy (non-hydrogen) atoms. The van der Waals surface area contributed by atoms with Gasteiger partial charge < -0.3 is 20.0 Å². The summed E-state index contributed by atoms with van der Waals surface area (Å²) in [4.78, 5) is 13.6. The predicted octanol–water partition coefficient (Wildman–Crippen LogP) is 28.7. The SMILES string of the molecule is CCCCCCCCCCCCCCCCCCC(CCCCCCCCCCCCCCCCCC)N(C)C.CCCCCCCCCCCCCCCCCCC(CCCCCCCCCCCCCCCCCC)N(C)C.O=C(O)O. The van der Waals surface area contributed by atoms with E-state index in [-0.39, 0.29) is 0 Å². The Morgan fingerprint density at radius 2 is 0.286 bits per heavy atom. The Bertz CT molecular complexity index is 974. The van der Waals surface area contributed by atoms with Gasteiger partial charge in [0, 0.05) is 12.1 Å². The van der Waals surface area contributed by atoms with Crippen LogP contribution >= 0.6 is 0 Å². The van der Waals surface area contributed by atoms with Crippen LogP contribution in [0.5, 0.6) is 0 Å². The highest BCUT2D eigenvalue weighted by molar-refractivity contribution is 5.53. The van der Waals surface area contributed by atoms with Gasteiger partial charge in [0.15, 0.2) is 0 Å². The summed E-state index contributed by atoms with van der Waals surface area (Å²) >= 11 is 0. The van der Waals surface area contributed by atoms with E-state index in [4.69, 9.17) is 15.0 Å². The summed E-state index contributed by atoms with van der Waals surface area (Å²) in [6.07, 6.45) is 97.7. The summed E-state index contributed by atoms with van der Waals surface area (Å²) in [5, 5.41) is 13.9. The fraction of sp³-hybridized carbons (Fsp3) is 0.987. The van der Waals surface area contributed by atoms with Gasteiger partial charge in [0.2, 0.25) is 0 Å². The lowest BCUT2D eigenvalue weighted by Gasteiger charge is -2.24. The van der Waals surface area contributed by atoms with Crippen LogP contribution in [0.4, 0.5) is 4.79 Å². The monoisotopic (exact) mass is 1190 g/mol. The van der Waals surface area contributed by atoms with Crippen molar-refractivity contribution in [1.82, 2.24) is 9.80 Å². The van der Waals surface area contributed by atoms with Crippen molar-refractivity contribution < 1.29 is 15.0 Å². The fourth-order valence-electron chi connectivity index (χ4n) is 13.0. The van der Waals surface area contributed by atoms with E-state index in [1.54, 1.807) is 0 Å². The Labute approximate surface area is 532 Å². The molecule has 0 aromatic carbocycles. The molecule has 0 aliphatic carbocycles. The van der Waals surface area contributed by atoms with Gasteiger partial charge in [0.25, 0.3) is 0 Å². The number of rotatable bonds is 70. The van der Waals surface area contributed by atoms with Crippen LogP contribution in [0.25, 0.3) is 0 Å². The van der Waals surface area contributed by atoms with E-state index in [0.717, 1.165) is 12.1 Å². The van der Waals surface area contributed by atoms with Crippen LogP contribution < -0.4 is 0 Å². The second kappa shape index (κ2) is 80.2. The number of unbranched alkanes of at least 4 members (excludes halogenated alkanes) is 60. The highest BCUT2D eigenvalue weighted by Gasteiger charge is 2.12. The number of hydrogen-bond acceptors (Lipinski definition) is 3. The minimum absolute atomic E-state index is 0.818. The molecule has 0 aliphatic rings. The first-order valence-electron chi connectivity index (χ1n) is 39.4. The largest absolute Gasteiger partial charge is 0.503 e. The molecule has 0 rings (SSSR count). The zero-order valence-electron chi connectivity index (χ0n) is 59.9. The van der Waals surface area contributed by atoms with Gasteiger partial charge in [-0.3, -0.25) is 0 Å². The lowest BCUT2D eigenvalue weighted by Crippen LogP contribution is -2.27. The third-order valence-electron chi connectivity index (χ3n) is 19.0. The van der Waals surface area contributed by atoms with Gasteiger partial charge >= 0.3 is 6.16 Å². The molecule has 0 bridgehead atoms. The number of nitrogens with zero attached hydrogens (tertiary/aromatic N) is 2. The molecule has 2 N–H and O–H groups in total. The third kappa shape index (κ3) is 83.3. The molecule has 0 heterocycles. The molecule has 5 nitrogen and oxygen atoms in total. The summed E-state index contributed by atoms with van der Waals surface area (Å²) in [6.45, 7) is 9.24. The molecule has 5 heteroatoms. The molecule has 0 amide bonds. The summed E-state index contributed by atoms with van der Waals surface area (Å²) < 4.78 is 0. The summed E-state index contributed by atoms with van der Waals surface area (Å²) in [6, 6.07) is 1.64. The van der Waals surface area contributed by atoms with E-state index in [1.165, 1.54) is 437 Å². The quantitative estimate of drug-likeness (QED) is 0.0594. The van der Waals surface area contributed by atoms with Gasteiger partial charge in [0.1, 0.15) is 0 Å². The Morgan fingerprint density at radius 3 is 0.369 bits per heavy atom. The van der Waals surface area contributed by atoms with Crippen molar-refractivity contribution >= 4 is 6.16 Å². The smallest absolute Gasteiger partial charge is 0.450 e. The molecule has 0 aromatic rings. The van der Waals surface area contributed by atoms with Gasteiger partial charge in [-0.15, -0.1) is 0 Å². The van der Waals surface area contributed by atoms with Crippen molar-refractivity contribution in [2.75, 3.05) is 28.2 Å². The average molecular weight is 1190 g/mol. The van der Waals surface area contributed by atoms with Gasteiger partial charge in [-0.2, -0.15) is 0 Å². The zero-order valence-corrected chi connectivity index (χ0v) is 59.9. The van der Waals surface area contributed by atoms with Crippen molar-refractivity contribution in [2.24, 2.45) is 0 Å². The molecule has 0 fully saturated rings. The maximum Gasteiger partial charge on any atom is 0.503 e. The van der Waals surface area contributed by atoms with Gasteiger partial charge in [-0.25, -0.2) is 4.79 Å². The van der Waals surface area contributed by atoms with Crippen molar-refractivity contribution in [2.45, 2.75) is 476 Å². The third-order valence-corrected chi connectivity index (χ3v) is 19.0. The molecular formula is C79H164N2O3. The number of hydrogen-bond donors (Lipinski definition) is 2. The summed E-state index contributed by atoms with van der Waals surface area (Å²) in [5.41, 5.74) is 0. The molecule has 0 aromatic heterocycles. The van der Waals surface area contributed by atoms with E-state index in [9.17, 15) is 0 Å². The average Bonchev–Trinajstić information content (AvgIpc) is 3.50. The standard InChI is InChI=1S/2C39H81N.CH2O3/c2*1-5-7-9-11-13-15-17-19-21-23-25-27-29-31-33-35-37-39(40(3)4)38-36-34-32-30-28-26-24-22-20-18-16-14-12-10-8-6-2;2-1(3)4/h2*39H,5-38H2,1-4H3;(H2,2,3,4). The number of carboxylic acid groups (broad SMARTS) is 2. The van der Waals surface area contributed by atoms with Crippen LogP contribution in [-0.4, -0.2) is 66.4 Å². The molecule has 0 aliphatic heterocycles. The van der Waals surface area contributed by atoms with Crippen LogP contribution in [0.15, 0.2) is 0 Å². The van der Waals surface area contributed by atoms with E-state index in [2.05, 4.69) is 65.7 Å². The Balaban J connectivity index is -0.00000147. The molecule has 0 saturated heterocycles. The minimum atomic E-state index is -1.83. The van der Waals surface area contributed by atoms with Crippen molar-refractivity contribution in [3.63, 3.8) is 0 Å². The van der Waals surface area contributed by atoms with E-state index in [1.807, 2.05) is 0 Å². The highest BCUT2D eigenvalue weighted by Crippen LogP contribution is 2.22. The van der Waals surface area contributed by atoms with Crippen LogP contribution in [0.3, 0.4) is 0 Å². The first-order valence-corrected chi connectivity index (χ1v) is 39.4. The fourth-order valence-corrected chi connectivity index (χ4v) is 13.0. The van der Waals surface area contributed by atoms with Crippen molar-refractivity contribution in [3.8, 4) is 0 Å². The maximum atomic E-state index is 8.56. The molecule has 0 spiro atoms. The lowest BCUT2D eigenvalue weighted by molar-refractivity contribution is 0.137. The van der Waals surface area contributed by atoms with Crippen molar-refractivity contribution in [3.05, 3.63) is 0 Å². The van der Waals surface area contributed by atoms with Crippen LogP contribution in [0.2, 0.25) is 0 Å². The highest BCUT2D eigenvalue weighted by atomic mass is 16.6. The summed E-state index contributed by atoms with van der Waals surface area (Å²) in [7, 11) is 9.24. The van der Waals surface area contributed by atoms with E-state index in [0.29, 0.717) is 0 Å². The molecule has 0 saturated carbocycles. The summed E-state index contributed by atoms with van der Waals surface area (Å²) in [5.74, 6) is 0. The molecule has 0 radical (unpaired) electrons. The Morgan fingerprint density at radius 1 is 0.202 bits per heavy atom.